The Morgan fingerprint density at radius 3 is 2.55 bits per heavy atom. The maximum Gasteiger partial charge on any atom is 0.191 e. The molecule has 22 heavy (non-hydrogen) atoms. The van der Waals surface area contributed by atoms with Gasteiger partial charge in [-0.3, -0.25) is 4.99 Å². The van der Waals surface area contributed by atoms with E-state index in [4.69, 9.17) is 9.47 Å². The average molecular weight is 305 g/mol. The van der Waals surface area contributed by atoms with Gasteiger partial charge in [-0.2, -0.15) is 0 Å². The number of rotatable bonds is 9. The minimum absolute atomic E-state index is 0.625. The van der Waals surface area contributed by atoms with Gasteiger partial charge in [0, 0.05) is 20.1 Å². The molecule has 0 atom stereocenters. The molecule has 0 aliphatic rings. The molecule has 122 valence electrons. The molecular formula is C17H27N3O2. The molecule has 5 heteroatoms. The van der Waals surface area contributed by atoms with Crippen LogP contribution in [0.15, 0.2) is 35.8 Å². The smallest absolute Gasteiger partial charge is 0.191 e. The fraction of sp³-hybridized carbons (Fsp3) is 0.471. The van der Waals surface area contributed by atoms with E-state index < -0.39 is 0 Å². The molecule has 0 saturated carbocycles. The Balaban J connectivity index is 2.58. The summed E-state index contributed by atoms with van der Waals surface area (Å²) in [4.78, 5) is 4.14. The highest BCUT2D eigenvalue weighted by Crippen LogP contribution is 2.28. The molecule has 0 radical (unpaired) electrons. The van der Waals surface area contributed by atoms with Crippen molar-refractivity contribution in [3.63, 3.8) is 0 Å². The van der Waals surface area contributed by atoms with E-state index in [1.165, 1.54) is 5.56 Å². The summed E-state index contributed by atoms with van der Waals surface area (Å²) < 4.78 is 11.2. The van der Waals surface area contributed by atoms with E-state index in [2.05, 4.69) is 28.3 Å². The van der Waals surface area contributed by atoms with E-state index >= 15 is 0 Å². The third-order valence-electron chi connectivity index (χ3n) is 2.95. The monoisotopic (exact) mass is 305 g/mol. The van der Waals surface area contributed by atoms with Gasteiger partial charge in [0.25, 0.3) is 0 Å². The van der Waals surface area contributed by atoms with Gasteiger partial charge in [-0.05, 0) is 38.0 Å². The van der Waals surface area contributed by atoms with Gasteiger partial charge in [0.15, 0.2) is 17.5 Å². The van der Waals surface area contributed by atoms with Crippen molar-refractivity contribution in [1.29, 1.82) is 0 Å². The predicted molar refractivity (Wildman–Crippen MR) is 92.0 cm³/mol. The number of hydrogen-bond donors (Lipinski definition) is 2. The zero-order valence-corrected chi connectivity index (χ0v) is 13.8. The number of benzene rings is 1. The van der Waals surface area contributed by atoms with Gasteiger partial charge in [0.2, 0.25) is 0 Å². The third kappa shape index (κ3) is 6.08. The number of guanidine groups is 1. The lowest BCUT2D eigenvalue weighted by atomic mass is 10.1. The van der Waals surface area contributed by atoms with E-state index in [1.807, 2.05) is 26.0 Å². The Bertz CT molecular complexity index is 487. The molecule has 1 aromatic rings. The summed E-state index contributed by atoms with van der Waals surface area (Å²) in [6.45, 7) is 10.3. The zero-order chi connectivity index (χ0) is 16.2. The minimum atomic E-state index is 0.625. The summed E-state index contributed by atoms with van der Waals surface area (Å²) >= 11 is 0. The lowest BCUT2D eigenvalue weighted by molar-refractivity contribution is 0.287. The molecule has 0 bridgehead atoms. The quantitative estimate of drug-likeness (QED) is 0.418. The zero-order valence-electron chi connectivity index (χ0n) is 13.8. The normalized spacial score (nSPS) is 11.0. The first-order chi connectivity index (χ1) is 10.7. The molecule has 0 fully saturated rings. The first-order valence-electron chi connectivity index (χ1n) is 7.69. The van der Waals surface area contributed by atoms with E-state index in [-0.39, 0.29) is 0 Å². The average Bonchev–Trinajstić information content (AvgIpc) is 2.53. The van der Waals surface area contributed by atoms with Crippen LogP contribution in [0.5, 0.6) is 11.5 Å². The largest absolute Gasteiger partial charge is 0.490 e. The number of ether oxygens (including phenoxy) is 2. The van der Waals surface area contributed by atoms with Gasteiger partial charge < -0.3 is 20.1 Å². The van der Waals surface area contributed by atoms with Gasteiger partial charge in [0.05, 0.1) is 13.2 Å². The Labute approximate surface area is 133 Å². The lowest BCUT2D eigenvalue weighted by Crippen LogP contribution is -2.38. The molecule has 2 N–H and O–H groups in total. The van der Waals surface area contributed by atoms with Crippen LogP contribution in [0.25, 0.3) is 0 Å². The highest BCUT2D eigenvalue weighted by atomic mass is 16.5. The highest BCUT2D eigenvalue weighted by Gasteiger charge is 2.06. The summed E-state index contributed by atoms with van der Waals surface area (Å²) in [5.74, 6) is 2.37. The molecule has 5 nitrogen and oxygen atoms in total. The highest BCUT2D eigenvalue weighted by molar-refractivity contribution is 5.79. The molecule has 1 rings (SSSR count). The topological polar surface area (TPSA) is 54.9 Å². The molecule has 0 aromatic heterocycles. The third-order valence-corrected chi connectivity index (χ3v) is 2.95. The Kier molecular flexibility index (Phi) is 8.57. The van der Waals surface area contributed by atoms with Crippen LogP contribution in [-0.4, -0.2) is 39.3 Å². The fourth-order valence-electron chi connectivity index (χ4n) is 1.97. The van der Waals surface area contributed by atoms with Crippen molar-refractivity contribution in [2.45, 2.75) is 20.3 Å². The molecule has 0 aliphatic carbocycles. The van der Waals surface area contributed by atoms with Gasteiger partial charge >= 0.3 is 0 Å². The van der Waals surface area contributed by atoms with Gasteiger partial charge in [0.1, 0.15) is 0 Å². The Morgan fingerprint density at radius 1 is 1.18 bits per heavy atom. The molecule has 0 unspecified atom stereocenters. The summed E-state index contributed by atoms with van der Waals surface area (Å²) in [7, 11) is 1.75. The molecule has 0 saturated heterocycles. The van der Waals surface area contributed by atoms with Crippen LogP contribution in [0.3, 0.4) is 0 Å². The lowest BCUT2D eigenvalue weighted by Gasteiger charge is -2.13. The Morgan fingerprint density at radius 2 is 1.91 bits per heavy atom. The molecule has 0 spiro atoms. The second-order valence-electron chi connectivity index (χ2n) is 4.57. The van der Waals surface area contributed by atoms with Crippen LogP contribution in [0.2, 0.25) is 0 Å². The van der Waals surface area contributed by atoms with Crippen molar-refractivity contribution in [2.75, 3.05) is 33.4 Å². The van der Waals surface area contributed by atoms with E-state index in [1.54, 1.807) is 13.1 Å². The maximum atomic E-state index is 5.64. The Hall–Kier alpha value is -2.17. The summed E-state index contributed by atoms with van der Waals surface area (Å²) in [6.07, 6.45) is 2.68. The molecular weight excluding hydrogens is 278 g/mol. The van der Waals surface area contributed by atoms with Crippen LogP contribution < -0.4 is 20.1 Å². The van der Waals surface area contributed by atoms with Crippen molar-refractivity contribution >= 4 is 5.96 Å². The molecule has 1 aromatic carbocycles. The SMILES string of the molecule is C=CCNC(=NC)NCCc1ccc(OCC)c(OCC)c1. The fourth-order valence-corrected chi connectivity index (χ4v) is 1.97. The van der Waals surface area contributed by atoms with Crippen molar-refractivity contribution in [3.05, 3.63) is 36.4 Å². The first-order valence-corrected chi connectivity index (χ1v) is 7.69. The van der Waals surface area contributed by atoms with E-state index in [9.17, 15) is 0 Å². The van der Waals surface area contributed by atoms with Crippen LogP contribution in [0, 0.1) is 0 Å². The van der Waals surface area contributed by atoms with Crippen LogP contribution >= 0.6 is 0 Å². The molecule has 0 amide bonds. The van der Waals surface area contributed by atoms with Gasteiger partial charge in [-0.25, -0.2) is 0 Å². The number of hydrogen-bond acceptors (Lipinski definition) is 3. The number of nitrogens with one attached hydrogen (secondary N) is 2. The second kappa shape index (κ2) is 10.5. The molecule has 0 heterocycles. The summed E-state index contributed by atoms with van der Waals surface area (Å²) in [6, 6.07) is 6.07. The van der Waals surface area contributed by atoms with Crippen LogP contribution in [0.4, 0.5) is 0 Å². The standard InChI is InChI=1S/C17H27N3O2/c1-5-11-19-17(18-4)20-12-10-14-8-9-15(21-6-2)16(13-14)22-7-3/h5,8-9,13H,1,6-7,10-12H2,2-4H3,(H2,18,19,20). The summed E-state index contributed by atoms with van der Waals surface area (Å²) in [5, 5.41) is 6.40. The minimum Gasteiger partial charge on any atom is -0.490 e. The van der Waals surface area contributed by atoms with Crippen molar-refractivity contribution in [1.82, 2.24) is 10.6 Å². The second-order valence-corrected chi connectivity index (χ2v) is 4.57. The van der Waals surface area contributed by atoms with Crippen molar-refractivity contribution in [3.8, 4) is 11.5 Å². The van der Waals surface area contributed by atoms with E-state index in [0.29, 0.717) is 19.8 Å². The van der Waals surface area contributed by atoms with E-state index in [0.717, 1.165) is 30.4 Å². The first kappa shape index (κ1) is 17.9. The van der Waals surface area contributed by atoms with Crippen LogP contribution in [-0.2, 0) is 6.42 Å². The maximum absolute atomic E-state index is 5.64. The number of aliphatic imine (C=N–C) groups is 1. The van der Waals surface area contributed by atoms with Gasteiger partial charge in [-0.1, -0.05) is 12.1 Å². The van der Waals surface area contributed by atoms with Crippen molar-refractivity contribution < 1.29 is 9.47 Å². The summed E-state index contributed by atoms with van der Waals surface area (Å²) in [5.41, 5.74) is 1.19. The predicted octanol–water partition coefficient (Wildman–Crippen LogP) is 2.38. The molecule has 0 aliphatic heterocycles. The van der Waals surface area contributed by atoms with Crippen LogP contribution in [0.1, 0.15) is 19.4 Å². The van der Waals surface area contributed by atoms with Gasteiger partial charge in [-0.15, -0.1) is 6.58 Å². The van der Waals surface area contributed by atoms with Crippen molar-refractivity contribution in [2.24, 2.45) is 4.99 Å². The number of nitrogens with zero attached hydrogens (tertiary/aromatic N) is 1.